The Morgan fingerprint density at radius 1 is 1.38 bits per heavy atom. The molecule has 1 aliphatic rings. The van der Waals surface area contributed by atoms with E-state index in [0.29, 0.717) is 12.0 Å². The first-order valence-corrected chi connectivity index (χ1v) is 7.76. The van der Waals surface area contributed by atoms with Gasteiger partial charge in [-0.2, -0.15) is 0 Å². The van der Waals surface area contributed by atoms with E-state index in [2.05, 4.69) is 43.0 Å². The summed E-state index contributed by atoms with van der Waals surface area (Å²) in [5.41, 5.74) is 1.34. The average Bonchev–Trinajstić information content (AvgIpc) is 2.85. The molecule has 1 fully saturated rings. The van der Waals surface area contributed by atoms with E-state index in [0.717, 1.165) is 32.6 Å². The van der Waals surface area contributed by atoms with E-state index in [9.17, 15) is 4.79 Å². The fraction of sp³-hybridized carbons (Fsp3) is 0.588. The number of likely N-dealkylation sites (tertiary alicyclic amines) is 1. The lowest BCUT2D eigenvalue weighted by Gasteiger charge is -2.29. The van der Waals surface area contributed by atoms with Crippen molar-refractivity contribution in [2.75, 3.05) is 26.2 Å². The summed E-state index contributed by atoms with van der Waals surface area (Å²) < 4.78 is 0. The number of aliphatic carboxylic acids is 1. The zero-order valence-corrected chi connectivity index (χ0v) is 13.0. The van der Waals surface area contributed by atoms with Crippen molar-refractivity contribution in [2.24, 2.45) is 5.92 Å². The fourth-order valence-electron chi connectivity index (χ4n) is 3.00. The van der Waals surface area contributed by atoms with Crippen LogP contribution in [0.1, 0.15) is 25.8 Å². The molecule has 1 saturated heterocycles. The minimum Gasteiger partial charge on any atom is -0.480 e. The Morgan fingerprint density at radius 2 is 2.10 bits per heavy atom. The van der Waals surface area contributed by atoms with Crippen molar-refractivity contribution in [3.05, 3.63) is 35.9 Å². The van der Waals surface area contributed by atoms with Gasteiger partial charge in [0.1, 0.15) is 0 Å². The lowest BCUT2D eigenvalue weighted by molar-refractivity contribution is -0.138. The van der Waals surface area contributed by atoms with Gasteiger partial charge in [0.05, 0.1) is 6.54 Å². The molecule has 2 rings (SSSR count). The summed E-state index contributed by atoms with van der Waals surface area (Å²) in [7, 11) is 0. The SMILES string of the molecule is CC(C)N(Cc1ccccc1)C[C@H]1CCN(CC(=O)O)C1. The number of hydrogen-bond donors (Lipinski definition) is 1. The molecule has 1 aliphatic heterocycles. The Kier molecular flexibility index (Phi) is 5.76. The van der Waals surface area contributed by atoms with Gasteiger partial charge in [-0.25, -0.2) is 0 Å². The standard InChI is InChI=1S/C17H26N2O2/c1-14(2)19(11-15-6-4-3-5-7-15)12-16-8-9-18(10-16)13-17(20)21/h3-7,14,16H,8-13H2,1-2H3,(H,20,21)/t16-/m0/s1. The highest BCUT2D eigenvalue weighted by atomic mass is 16.4. The molecular weight excluding hydrogens is 264 g/mol. The molecule has 1 heterocycles. The maximum atomic E-state index is 10.8. The van der Waals surface area contributed by atoms with Crippen molar-refractivity contribution < 1.29 is 9.90 Å². The van der Waals surface area contributed by atoms with Crippen LogP contribution in [0.5, 0.6) is 0 Å². The summed E-state index contributed by atoms with van der Waals surface area (Å²) in [6, 6.07) is 11.0. The smallest absolute Gasteiger partial charge is 0.317 e. The van der Waals surface area contributed by atoms with Crippen LogP contribution in [-0.2, 0) is 11.3 Å². The minimum absolute atomic E-state index is 0.177. The van der Waals surface area contributed by atoms with Gasteiger partial charge < -0.3 is 5.11 Å². The third kappa shape index (κ3) is 5.14. The van der Waals surface area contributed by atoms with Crippen molar-refractivity contribution in [1.82, 2.24) is 9.80 Å². The highest BCUT2D eigenvalue weighted by molar-refractivity contribution is 5.69. The number of hydrogen-bond acceptors (Lipinski definition) is 3. The monoisotopic (exact) mass is 290 g/mol. The van der Waals surface area contributed by atoms with Gasteiger partial charge in [0.2, 0.25) is 0 Å². The van der Waals surface area contributed by atoms with E-state index in [1.807, 2.05) is 11.0 Å². The van der Waals surface area contributed by atoms with Crippen molar-refractivity contribution in [1.29, 1.82) is 0 Å². The Labute approximate surface area is 127 Å². The van der Waals surface area contributed by atoms with E-state index < -0.39 is 5.97 Å². The van der Waals surface area contributed by atoms with E-state index in [-0.39, 0.29) is 6.54 Å². The Morgan fingerprint density at radius 3 is 2.71 bits per heavy atom. The molecule has 0 aliphatic carbocycles. The number of carbonyl (C=O) groups is 1. The molecule has 0 unspecified atom stereocenters. The normalized spacial score (nSPS) is 19.5. The van der Waals surface area contributed by atoms with Crippen LogP contribution in [0.25, 0.3) is 0 Å². The Balaban J connectivity index is 1.87. The van der Waals surface area contributed by atoms with E-state index in [4.69, 9.17) is 5.11 Å². The van der Waals surface area contributed by atoms with Gasteiger partial charge in [0.15, 0.2) is 0 Å². The molecule has 116 valence electrons. The van der Waals surface area contributed by atoms with Gasteiger partial charge in [-0.3, -0.25) is 14.6 Å². The molecule has 1 atom stereocenters. The Hall–Kier alpha value is -1.39. The minimum atomic E-state index is -0.722. The summed E-state index contributed by atoms with van der Waals surface area (Å²) in [6.45, 7) is 8.46. The molecule has 1 aromatic carbocycles. The number of carboxylic acids is 1. The quantitative estimate of drug-likeness (QED) is 0.837. The van der Waals surface area contributed by atoms with Crippen LogP contribution in [-0.4, -0.2) is 53.1 Å². The topological polar surface area (TPSA) is 43.8 Å². The molecule has 0 radical (unpaired) electrons. The van der Waals surface area contributed by atoms with Crippen LogP contribution < -0.4 is 0 Å². The third-order valence-corrected chi connectivity index (χ3v) is 4.18. The summed E-state index contributed by atoms with van der Waals surface area (Å²) in [5.74, 6) is -0.142. The molecule has 1 aromatic rings. The maximum Gasteiger partial charge on any atom is 0.317 e. The van der Waals surface area contributed by atoms with Gasteiger partial charge in [-0.1, -0.05) is 30.3 Å². The van der Waals surface area contributed by atoms with Crippen LogP contribution in [0, 0.1) is 5.92 Å². The van der Waals surface area contributed by atoms with Gasteiger partial charge in [0, 0.05) is 25.7 Å². The van der Waals surface area contributed by atoms with Crippen LogP contribution >= 0.6 is 0 Å². The second-order valence-electron chi connectivity index (χ2n) is 6.29. The second-order valence-corrected chi connectivity index (χ2v) is 6.29. The Bertz CT molecular complexity index is 447. The summed E-state index contributed by atoms with van der Waals surface area (Å²) >= 11 is 0. The molecule has 21 heavy (non-hydrogen) atoms. The number of rotatable bonds is 7. The van der Waals surface area contributed by atoms with Crippen LogP contribution in [0.4, 0.5) is 0 Å². The second kappa shape index (κ2) is 7.57. The molecular formula is C17H26N2O2. The first kappa shape index (κ1) is 16.0. The molecule has 0 amide bonds. The third-order valence-electron chi connectivity index (χ3n) is 4.18. The lowest BCUT2D eigenvalue weighted by atomic mass is 10.1. The summed E-state index contributed by atoms with van der Waals surface area (Å²) in [5, 5.41) is 8.87. The van der Waals surface area contributed by atoms with Gasteiger partial charge in [-0.05, 0) is 38.3 Å². The van der Waals surface area contributed by atoms with Gasteiger partial charge in [-0.15, -0.1) is 0 Å². The van der Waals surface area contributed by atoms with Crippen LogP contribution in [0.3, 0.4) is 0 Å². The molecule has 0 saturated carbocycles. The number of benzene rings is 1. The zero-order valence-electron chi connectivity index (χ0n) is 13.0. The van der Waals surface area contributed by atoms with E-state index >= 15 is 0 Å². The predicted octanol–water partition coefficient (Wildman–Crippen LogP) is 2.30. The lowest BCUT2D eigenvalue weighted by Crippen LogP contribution is -2.36. The van der Waals surface area contributed by atoms with Crippen LogP contribution in [0.15, 0.2) is 30.3 Å². The van der Waals surface area contributed by atoms with Gasteiger partial charge in [0.25, 0.3) is 0 Å². The molecule has 1 N–H and O–H groups in total. The predicted molar refractivity (Wildman–Crippen MR) is 84.2 cm³/mol. The average molecular weight is 290 g/mol. The molecule has 0 spiro atoms. The molecule has 4 nitrogen and oxygen atoms in total. The van der Waals surface area contributed by atoms with Crippen molar-refractivity contribution >= 4 is 5.97 Å². The molecule has 0 aromatic heterocycles. The number of carboxylic acid groups (broad SMARTS) is 1. The fourth-order valence-corrected chi connectivity index (χ4v) is 3.00. The maximum absolute atomic E-state index is 10.8. The van der Waals surface area contributed by atoms with Gasteiger partial charge >= 0.3 is 5.97 Å². The largest absolute Gasteiger partial charge is 0.480 e. The summed E-state index contributed by atoms with van der Waals surface area (Å²) in [4.78, 5) is 15.3. The zero-order chi connectivity index (χ0) is 15.2. The highest BCUT2D eigenvalue weighted by Gasteiger charge is 2.26. The molecule has 0 bridgehead atoms. The van der Waals surface area contributed by atoms with Crippen molar-refractivity contribution in [3.63, 3.8) is 0 Å². The summed E-state index contributed by atoms with van der Waals surface area (Å²) in [6.07, 6.45) is 1.10. The van der Waals surface area contributed by atoms with Crippen molar-refractivity contribution in [3.8, 4) is 0 Å². The van der Waals surface area contributed by atoms with Crippen molar-refractivity contribution in [2.45, 2.75) is 32.9 Å². The highest BCUT2D eigenvalue weighted by Crippen LogP contribution is 2.19. The first-order chi connectivity index (χ1) is 10.0. The van der Waals surface area contributed by atoms with Crippen LogP contribution in [0.2, 0.25) is 0 Å². The van der Waals surface area contributed by atoms with E-state index in [1.54, 1.807) is 0 Å². The van der Waals surface area contributed by atoms with E-state index in [1.165, 1.54) is 5.56 Å². The number of nitrogens with zero attached hydrogens (tertiary/aromatic N) is 2. The first-order valence-electron chi connectivity index (χ1n) is 7.76. The molecule has 4 heteroatoms.